The van der Waals surface area contributed by atoms with Crippen LogP contribution in [0.4, 0.5) is 0 Å². The highest BCUT2D eigenvalue weighted by molar-refractivity contribution is 7.89. The number of carbonyl (C=O) groups excluding carboxylic acids is 1. The third kappa shape index (κ3) is 4.27. The number of sulfonamides is 1. The van der Waals surface area contributed by atoms with Crippen molar-refractivity contribution in [3.05, 3.63) is 78.4 Å². The van der Waals surface area contributed by atoms with Crippen molar-refractivity contribution in [1.82, 2.24) is 4.72 Å². The molecule has 3 aromatic rings. The Hall–Kier alpha value is -3.03. The van der Waals surface area contributed by atoms with E-state index in [0.717, 1.165) is 5.39 Å². The van der Waals surface area contributed by atoms with Crippen molar-refractivity contribution in [2.45, 2.75) is 17.4 Å². The Kier molecular flexibility index (Phi) is 5.87. The number of aliphatic carboxylic acids is 1. The standard InChI is InChI=1S/C21H18NO5S/c23-14-19(18(21(24)25)13-15-7-2-1-3-8-15)22-28(26,27)20-12-6-10-16-9-4-5-11-17(16)20/h1-12,18-19,22H,13H2,(H,24,25)/t18?,19-/m1/s1. The molecule has 0 saturated carbocycles. The van der Waals surface area contributed by atoms with Gasteiger partial charge in [0.1, 0.15) is 6.04 Å². The zero-order valence-electron chi connectivity index (χ0n) is 14.8. The summed E-state index contributed by atoms with van der Waals surface area (Å²) in [5, 5.41) is 10.8. The van der Waals surface area contributed by atoms with Crippen LogP contribution >= 0.6 is 0 Å². The summed E-state index contributed by atoms with van der Waals surface area (Å²) in [5.41, 5.74) is 0.680. The third-order valence-electron chi connectivity index (χ3n) is 4.47. The van der Waals surface area contributed by atoms with E-state index in [2.05, 4.69) is 4.72 Å². The van der Waals surface area contributed by atoms with E-state index in [0.29, 0.717) is 10.9 Å². The first-order valence-corrected chi connectivity index (χ1v) is 10.0. The first kappa shape index (κ1) is 19.7. The molecule has 0 saturated heterocycles. The van der Waals surface area contributed by atoms with Crippen LogP contribution in [0.1, 0.15) is 5.56 Å². The van der Waals surface area contributed by atoms with Crippen LogP contribution in [0.25, 0.3) is 10.8 Å². The summed E-state index contributed by atoms with van der Waals surface area (Å²) in [6.07, 6.45) is 1.55. The van der Waals surface area contributed by atoms with Crippen LogP contribution in [0.2, 0.25) is 0 Å². The van der Waals surface area contributed by atoms with Crippen molar-refractivity contribution in [2.24, 2.45) is 5.92 Å². The van der Waals surface area contributed by atoms with Gasteiger partial charge in [-0.3, -0.25) is 9.59 Å². The van der Waals surface area contributed by atoms with Crippen LogP contribution in [0, 0.1) is 5.92 Å². The summed E-state index contributed by atoms with van der Waals surface area (Å²) < 4.78 is 28.0. The molecule has 2 atom stereocenters. The van der Waals surface area contributed by atoms with E-state index in [9.17, 15) is 23.1 Å². The predicted molar refractivity (Wildman–Crippen MR) is 105 cm³/mol. The molecule has 0 aromatic heterocycles. The highest BCUT2D eigenvalue weighted by Gasteiger charge is 2.33. The van der Waals surface area contributed by atoms with E-state index in [-0.39, 0.29) is 11.3 Å². The summed E-state index contributed by atoms with van der Waals surface area (Å²) >= 11 is 0. The molecule has 0 amide bonds. The average Bonchev–Trinajstić information content (AvgIpc) is 2.70. The van der Waals surface area contributed by atoms with Gasteiger partial charge in [-0.2, -0.15) is 4.72 Å². The molecule has 7 heteroatoms. The lowest BCUT2D eigenvalue weighted by Crippen LogP contribution is -2.45. The van der Waals surface area contributed by atoms with Gasteiger partial charge < -0.3 is 5.11 Å². The van der Waals surface area contributed by atoms with E-state index >= 15 is 0 Å². The molecule has 0 aliphatic heterocycles. The minimum atomic E-state index is -4.14. The molecule has 1 radical (unpaired) electrons. The molecular formula is C21H18NO5S. The number of hydrogen-bond acceptors (Lipinski definition) is 4. The average molecular weight is 396 g/mol. The lowest BCUT2D eigenvalue weighted by Gasteiger charge is -2.20. The first-order valence-electron chi connectivity index (χ1n) is 8.57. The number of carboxylic acid groups (broad SMARTS) is 1. The molecular weight excluding hydrogens is 378 g/mol. The van der Waals surface area contributed by atoms with Gasteiger partial charge >= 0.3 is 5.97 Å². The molecule has 3 aromatic carbocycles. The minimum absolute atomic E-state index is 0.00582. The van der Waals surface area contributed by atoms with E-state index in [1.54, 1.807) is 73.0 Å². The van der Waals surface area contributed by atoms with Gasteiger partial charge in [0.15, 0.2) is 0 Å². The normalized spacial score (nSPS) is 13.7. The van der Waals surface area contributed by atoms with Crippen LogP contribution in [0.15, 0.2) is 77.7 Å². The predicted octanol–water partition coefficient (Wildman–Crippen LogP) is 2.54. The van der Waals surface area contributed by atoms with E-state index in [1.807, 2.05) is 0 Å². The van der Waals surface area contributed by atoms with Crippen LogP contribution in [0.3, 0.4) is 0 Å². The van der Waals surface area contributed by atoms with E-state index in [1.165, 1.54) is 6.07 Å². The first-order chi connectivity index (χ1) is 13.4. The highest BCUT2D eigenvalue weighted by Crippen LogP contribution is 2.23. The monoisotopic (exact) mass is 396 g/mol. The number of hydrogen-bond donors (Lipinski definition) is 2. The molecule has 0 fully saturated rings. The molecule has 0 aliphatic carbocycles. The summed E-state index contributed by atoms with van der Waals surface area (Å²) in [5.74, 6) is -2.57. The second-order valence-electron chi connectivity index (χ2n) is 6.33. The van der Waals surface area contributed by atoms with E-state index < -0.39 is 28.0 Å². The molecule has 0 bridgehead atoms. The van der Waals surface area contributed by atoms with Crippen LogP contribution in [-0.2, 0) is 26.0 Å². The Balaban J connectivity index is 1.93. The fraction of sp³-hybridized carbons (Fsp3) is 0.143. The Bertz CT molecular complexity index is 1090. The Labute approximate surface area is 162 Å². The van der Waals surface area contributed by atoms with Crippen LogP contribution in [-0.4, -0.2) is 31.8 Å². The number of carbonyl (C=O) groups is 1. The van der Waals surface area contributed by atoms with Crippen molar-refractivity contribution in [3.8, 4) is 0 Å². The fourth-order valence-electron chi connectivity index (χ4n) is 3.06. The van der Waals surface area contributed by atoms with Gasteiger partial charge in [-0.25, -0.2) is 8.42 Å². The van der Waals surface area contributed by atoms with Gasteiger partial charge in [-0.15, -0.1) is 0 Å². The second kappa shape index (κ2) is 8.33. The molecule has 28 heavy (non-hydrogen) atoms. The number of fused-ring (bicyclic) bond motifs is 1. The second-order valence-corrected chi connectivity index (χ2v) is 8.01. The topological polar surface area (TPSA) is 101 Å². The van der Waals surface area contributed by atoms with Crippen LogP contribution in [0.5, 0.6) is 0 Å². The van der Waals surface area contributed by atoms with E-state index in [4.69, 9.17) is 0 Å². The zero-order valence-corrected chi connectivity index (χ0v) is 15.6. The molecule has 6 nitrogen and oxygen atoms in total. The minimum Gasteiger partial charge on any atom is -0.481 e. The maximum atomic E-state index is 12.9. The van der Waals surface area contributed by atoms with Crippen molar-refractivity contribution in [3.63, 3.8) is 0 Å². The summed E-state index contributed by atoms with van der Waals surface area (Å²) in [4.78, 5) is 23.2. The molecule has 0 heterocycles. The van der Waals surface area contributed by atoms with Crippen molar-refractivity contribution < 1.29 is 23.1 Å². The molecule has 0 aliphatic rings. The number of nitrogens with one attached hydrogen (secondary N) is 1. The lowest BCUT2D eigenvalue weighted by atomic mass is 9.93. The summed E-state index contributed by atoms with van der Waals surface area (Å²) in [6.45, 7) is 0. The Morgan fingerprint density at radius 3 is 2.29 bits per heavy atom. The van der Waals surface area contributed by atoms with Crippen molar-refractivity contribution >= 4 is 33.1 Å². The zero-order chi connectivity index (χ0) is 20.1. The van der Waals surface area contributed by atoms with Gasteiger partial charge in [0.2, 0.25) is 16.3 Å². The van der Waals surface area contributed by atoms with Crippen LogP contribution < -0.4 is 4.72 Å². The van der Waals surface area contributed by atoms with Crippen molar-refractivity contribution in [2.75, 3.05) is 0 Å². The largest absolute Gasteiger partial charge is 0.481 e. The summed E-state index contributed by atoms with van der Waals surface area (Å²) in [6, 6.07) is 18.9. The molecule has 1 unspecified atom stereocenters. The fourth-order valence-corrected chi connectivity index (χ4v) is 4.47. The Morgan fingerprint density at radius 1 is 0.964 bits per heavy atom. The third-order valence-corrected chi connectivity index (χ3v) is 5.97. The van der Waals surface area contributed by atoms with Crippen molar-refractivity contribution in [1.29, 1.82) is 0 Å². The molecule has 143 valence electrons. The number of benzene rings is 3. The maximum Gasteiger partial charge on any atom is 0.308 e. The van der Waals surface area contributed by atoms with Gasteiger partial charge in [-0.1, -0.05) is 66.7 Å². The molecule has 3 rings (SSSR count). The quantitative estimate of drug-likeness (QED) is 0.609. The van der Waals surface area contributed by atoms with Gasteiger partial charge in [-0.05, 0) is 23.4 Å². The van der Waals surface area contributed by atoms with Gasteiger partial charge in [0, 0.05) is 5.39 Å². The maximum absolute atomic E-state index is 12.9. The lowest BCUT2D eigenvalue weighted by molar-refractivity contribution is -0.141. The SMILES string of the molecule is O=[C][C@@H](NS(=O)(=O)c1cccc2ccccc12)C(Cc1ccccc1)C(=O)O. The molecule has 2 N–H and O–H groups in total. The van der Waals surface area contributed by atoms with Gasteiger partial charge in [0.05, 0.1) is 10.8 Å². The highest BCUT2D eigenvalue weighted by atomic mass is 32.2. The molecule has 0 spiro atoms. The smallest absolute Gasteiger partial charge is 0.308 e. The summed E-state index contributed by atoms with van der Waals surface area (Å²) in [7, 11) is -4.14. The van der Waals surface area contributed by atoms with Gasteiger partial charge in [0.25, 0.3) is 0 Å². The number of rotatable bonds is 8. The Morgan fingerprint density at radius 2 is 1.61 bits per heavy atom. The number of carboxylic acids is 1.